The lowest BCUT2D eigenvalue weighted by molar-refractivity contribution is -0.159. The van der Waals surface area contributed by atoms with Gasteiger partial charge in [-0.25, -0.2) is 9.59 Å². The standard InChI is InChI=1S/C15H20N4O6/c1-8(20)25-19-11-6-9(13(21)23-5)10(16-2)7-12(11)24-15(17-3,18-4)14(19)22/h6-7,16-18H,1-5H3. The zero-order valence-corrected chi connectivity index (χ0v) is 14.6. The number of amides is 1. The third-order valence-corrected chi connectivity index (χ3v) is 3.67. The molecule has 0 spiro atoms. The van der Waals surface area contributed by atoms with Crippen LogP contribution < -0.4 is 25.8 Å². The van der Waals surface area contributed by atoms with Gasteiger partial charge in [-0.1, -0.05) is 0 Å². The second-order valence-electron chi connectivity index (χ2n) is 5.07. The monoisotopic (exact) mass is 352 g/mol. The molecule has 1 aliphatic rings. The van der Waals surface area contributed by atoms with E-state index in [0.717, 1.165) is 12.0 Å². The molecule has 0 atom stereocenters. The Kier molecular flexibility index (Phi) is 5.14. The van der Waals surface area contributed by atoms with Gasteiger partial charge in [-0.3, -0.25) is 15.4 Å². The molecule has 10 heteroatoms. The fraction of sp³-hybridized carbons (Fsp3) is 0.400. The van der Waals surface area contributed by atoms with E-state index in [-0.39, 0.29) is 17.0 Å². The molecule has 3 N–H and O–H groups in total. The highest BCUT2D eigenvalue weighted by molar-refractivity contribution is 6.05. The molecule has 0 bridgehead atoms. The molecule has 136 valence electrons. The predicted octanol–water partition coefficient (Wildman–Crippen LogP) is -0.189. The number of hydrogen-bond donors (Lipinski definition) is 3. The van der Waals surface area contributed by atoms with Crippen molar-refractivity contribution in [1.82, 2.24) is 10.6 Å². The number of fused-ring (bicyclic) bond motifs is 1. The fourth-order valence-electron chi connectivity index (χ4n) is 2.42. The molecule has 1 aromatic rings. The maximum absolute atomic E-state index is 12.8. The second-order valence-corrected chi connectivity index (χ2v) is 5.07. The second kappa shape index (κ2) is 6.95. The van der Waals surface area contributed by atoms with Crippen LogP contribution in [0.2, 0.25) is 0 Å². The van der Waals surface area contributed by atoms with Crippen molar-refractivity contribution in [3.05, 3.63) is 17.7 Å². The van der Waals surface area contributed by atoms with Crippen molar-refractivity contribution in [3.63, 3.8) is 0 Å². The summed E-state index contributed by atoms with van der Waals surface area (Å²) in [5, 5.41) is 9.07. The summed E-state index contributed by atoms with van der Waals surface area (Å²) >= 11 is 0. The molecule has 1 aromatic carbocycles. The number of benzene rings is 1. The van der Waals surface area contributed by atoms with Gasteiger partial charge in [0.2, 0.25) is 0 Å². The fourth-order valence-corrected chi connectivity index (χ4v) is 2.42. The van der Waals surface area contributed by atoms with E-state index in [1.165, 1.54) is 33.3 Å². The van der Waals surface area contributed by atoms with Crippen LogP contribution in [0.4, 0.5) is 11.4 Å². The van der Waals surface area contributed by atoms with Gasteiger partial charge in [0, 0.05) is 20.0 Å². The molecule has 0 aromatic heterocycles. The Balaban J connectivity index is 2.69. The van der Waals surface area contributed by atoms with Gasteiger partial charge < -0.3 is 19.6 Å². The van der Waals surface area contributed by atoms with Crippen molar-refractivity contribution in [2.24, 2.45) is 0 Å². The van der Waals surface area contributed by atoms with Crippen molar-refractivity contribution in [2.75, 3.05) is 38.6 Å². The van der Waals surface area contributed by atoms with Crippen molar-refractivity contribution in [1.29, 1.82) is 0 Å². The van der Waals surface area contributed by atoms with Gasteiger partial charge in [-0.15, -0.1) is 5.06 Å². The summed E-state index contributed by atoms with van der Waals surface area (Å²) in [6.45, 7) is 1.16. The Morgan fingerprint density at radius 2 is 1.84 bits per heavy atom. The van der Waals surface area contributed by atoms with Crippen LogP contribution in [-0.2, 0) is 19.2 Å². The first-order valence-corrected chi connectivity index (χ1v) is 7.37. The van der Waals surface area contributed by atoms with E-state index in [0.29, 0.717) is 5.69 Å². The summed E-state index contributed by atoms with van der Waals surface area (Å²) < 4.78 is 10.5. The van der Waals surface area contributed by atoms with Crippen molar-refractivity contribution in [3.8, 4) is 5.75 Å². The number of carbonyl (C=O) groups excluding carboxylic acids is 3. The molecule has 0 radical (unpaired) electrons. The SMILES string of the molecule is CNc1cc2c(cc1C(=O)OC)N(OC(C)=O)C(=O)C(NC)(NC)O2. The molecule has 0 unspecified atom stereocenters. The van der Waals surface area contributed by atoms with Crippen LogP contribution in [0.1, 0.15) is 17.3 Å². The quantitative estimate of drug-likeness (QED) is 0.489. The average molecular weight is 352 g/mol. The molecule has 1 heterocycles. The van der Waals surface area contributed by atoms with Crippen LogP contribution >= 0.6 is 0 Å². The van der Waals surface area contributed by atoms with Crippen molar-refractivity contribution in [2.45, 2.75) is 12.8 Å². The molecule has 25 heavy (non-hydrogen) atoms. The van der Waals surface area contributed by atoms with Gasteiger partial charge in [-0.05, 0) is 20.2 Å². The topological polar surface area (TPSA) is 118 Å². The number of likely N-dealkylation sites (N-methyl/N-ethyl adjacent to an activating group) is 2. The Morgan fingerprint density at radius 3 is 2.32 bits per heavy atom. The van der Waals surface area contributed by atoms with Crippen molar-refractivity contribution >= 4 is 29.2 Å². The number of hydroxylamine groups is 1. The lowest BCUT2D eigenvalue weighted by atomic mass is 10.1. The van der Waals surface area contributed by atoms with Crippen LogP contribution in [0.5, 0.6) is 5.75 Å². The molecule has 2 rings (SSSR count). The highest BCUT2D eigenvalue weighted by atomic mass is 16.7. The van der Waals surface area contributed by atoms with Crippen LogP contribution in [0.25, 0.3) is 0 Å². The third-order valence-electron chi connectivity index (χ3n) is 3.67. The molecule has 1 amide bonds. The minimum Gasteiger partial charge on any atom is -0.465 e. The molecule has 0 aliphatic carbocycles. The number of anilines is 2. The third kappa shape index (κ3) is 3.08. The van der Waals surface area contributed by atoms with Gasteiger partial charge >= 0.3 is 23.7 Å². The van der Waals surface area contributed by atoms with E-state index in [2.05, 4.69) is 16.0 Å². The zero-order valence-electron chi connectivity index (χ0n) is 14.6. The lowest BCUT2D eigenvalue weighted by Crippen LogP contribution is -2.70. The molecular formula is C15H20N4O6. The molecule has 0 saturated heterocycles. The highest BCUT2D eigenvalue weighted by Gasteiger charge is 2.49. The zero-order chi connectivity index (χ0) is 18.8. The minimum absolute atomic E-state index is 0.0979. The number of esters is 1. The van der Waals surface area contributed by atoms with Gasteiger partial charge in [-0.2, -0.15) is 0 Å². The first-order chi connectivity index (χ1) is 11.8. The Morgan fingerprint density at radius 1 is 1.20 bits per heavy atom. The van der Waals surface area contributed by atoms with Crippen LogP contribution in [-0.4, -0.2) is 51.9 Å². The first kappa shape index (κ1) is 18.5. The van der Waals surface area contributed by atoms with E-state index < -0.39 is 23.7 Å². The number of ether oxygens (including phenoxy) is 2. The van der Waals surface area contributed by atoms with Crippen LogP contribution in [0.3, 0.4) is 0 Å². The summed E-state index contributed by atoms with van der Waals surface area (Å²) in [6, 6.07) is 2.86. The van der Waals surface area contributed by atoms with Gasteiger partial charge in [0.05, 0.1) is 18.4 Å². The number of hydrogen-bond acceptors (Lipinski definition) is 9. The molecule has 10 nitrogen and oxygen atoms in total. The Hall–Kier alpha value is -2.85. The van der Waals surface area contributed by atoms with E-state index in [1.54, 1.807) is 7.05 Å². The van der Waals surface area contributed by atoms with Crippen LogP contribution in [0.15, 0.2) is 12.1 Å². The van der Waals surface area contributed by atoms with Gasteiger partial charge in [0.1, 0.15) is 5.69 Å². The maximum Gasteiger partial charge on any atom is 0.340 e. The Labute approximate surface area is 144 Å². The summed E-state index contributed by atoms with van der Waals surface area (Å²) in [4.78, 5) is 41.3. The van der Waals surface area contributed by atoms with Crippen molar-refractivity contribution < 1.29 is 28.7 Å². The number of methoxy groups -OCH3 is 1. The van der Waals surface area contributed by atoms with Gasteiger partial charge in [0.25, 0.3) is 0 Å². The largest absolute Gasteiger partial charge is 0.465 e. The first-order valence-electron chi connectivity index (χ1n) is 7.37. The normalized spacial score (nSPS) is 15.1. The minimum atomic E-state index is -1.64. The summed E-state index contributed by atoms with van der Waals surface area (Å²) in [5.41, 5.74) is 0.670. The van der Waals surface area contributed by atoms with Gasteiger partial charge in [0.15, 0.2) is 5.75 Å². The predicted molar refractivity (Wildman–Crippen MR) is 88.1 cm³/mol. The number of nitrogens with zero attached hydrogens (tertiary/aromatic N) is 1. The molecule has 0 fully saturated rings. The number of carbonyl (C=O) groups is 3. The molecule has 0 saturated carbocycles. The van der Waals surface area contributed by atoms with E-state index in [4.69, 9.17) is 14.3 Å². The smallest absolute Gasteiger partial charge is 0.340 e. The van der Waals surface area contributed by atoms with E-state index in [1.807, 2.05) is 0 Å². The molecule has 1 aliphatic heterocycles. The summed E-state index contributed by atoms with van der Waals surface area (Å²) in [6.07, 6.45) is 0. The lowest BCUT2D eigenvalue weighted by Gasteiger charge is -2.40. The maximum atomic E-state index is 12.8. The molecular weight excluding hydrogens is 332 g/mol. The highest BCUT2D eigenvalue weighted by Crippen LogP contribution is 2.40. The summed E-state index contributed by atoms with van der Waals surface area (Å²) in [5.74, 6) is -3.48. The van der Waals surface area contributed by atoms with Crippen LogP contribution in [0, 0.1) is 0 Å². The number of nitrogens with one attached hydrogen (secondary N) is 3. The van der Waals surface area contributed by atoms with E-state index >= 15 is 0 Å². The average Bonchev–Trinajstić information content (AvgIpc) is 2.62. The summed E-state index contributed by atoms with van der Waals surface area (Å²) in [7, 11) is 5.87. The number of rotatable bonds is 5. The Bertz CT molecular complexity index is 716. The van der Waals surface area contributed by atoms with E-state index in [9.17, 15) is 14.4 Å².